The zero-order valence-electron chi connectivity index (χ0n) is 16.2. The second-order valence-corrected chi connectivity index (χ2v) is 7.83. The molecule has 0 aromatic carbocycles. The van der Waals surface area contributed by atoms with Gasteiger partial charge >= 0.3 is 12.3 Å². The summed E-state index contributed by atoms with van der Waals surface area (Å²) in [5.74, 6) is -3.73. The molecule has 170 valence electrons. The first-order valence-electron chi connectivity index (χ1n) is 9.42. The molecule has 2 N–H and O–H groups in total. The van der Waals surface area contributed by atoms with E-state index < -0.39 is 54.2 Å². The Morgan fingerprint density at radius 1 is 1.22 bits per heavy atom. The second kappa shape index (κ2) is 7.35. The molecule has 0 radical (unpaired) electrons. The Morgan fingerprint density at radius 2 is 1.94 bits per heavy atom. The van der Waals surface area contributed by atoms with Gasteiger partial charge < -0.3 is 10.4 Å². The van der Waals surface area contributed by atoms with E-state index in [1.54, 1.807) is 0 Å². The highest BCUT2D eigenvalue weighted by molar-refractivity contribution is 5.86. The molecule has 2 aliphatic rings. The molecular formula is C19H16F5N5O3. The first-order valence-corrected chi connectivity index (χ1v) is 9.42. The first-order chi connectivity index (χ1) is 14.9. The number of alkyl halides is 5. The highest BCUT2D eigenvalue weighted by atomic mass is 19.4. The topological polar surface area (TPSA) is 108 Å². The van der Waals surface area contributed by atoms with Gasteiger partial charge in [-0.3, -0.25) is 14.7 Å². The number of aromatic nitrogens is 3. The molecule has 2 amide bonds. The van der Waals surface area contributed by atoms with Crippen molar-refractivity contribution < 1.29 is 36.6 Å². The summed E-state index contributed by atoms with van der Waals surface area (Å²) in [6, 6.07) is 2.17. The van der Waals surface area contributed by atoms with Gasteiger partial charge in [-0.05, 0) is 24.6 Å². The van der Waals surface area contributed by atoms with Gasteiger partial charge in [0, 0.05) is 24.7 Å². The minimum Gasteiger partial charge on any atom is -0.465 e. The van der Waals surface area contributed by atoms with E-state index >= 15 is 0 Å². The van der Waals surface area contributed by atoms with Crippen LogP contribution in [0.25, 0.3) is 11.3 Å². The molecule has 1 aliphatic carbocycles. The van der Waals surface area contributed by atoms with Crippen molar-refractivity contribution in [1.29, 1.82) is 0 Å². The Hall–Kier alpha value is -3.38. The maximum absolute atomic E-state index is 13.7. The minimum absolute atomic E-state index is 0.157. The standard InChI is InChI=1S/C19H16F5N5O3/c20-18(21)7-17(18)4-13(29(8-17)16(31)32)15(30)26-6-11-3-12(28-9-27-11)10-1-2-14(25-5-10)19(22,23)24/h1-3,5,9,13H,4,6-8H2,(H,26,30)(H,31,32). The van der Waals surface area contributed by atoms with Gasteiger partial charge in [0.2, 0.25) is 5.91 Å². The third-order valence-electron chi connectivity index (χ3n) is 5.71. The number of carbonyl (C=O) groups excluding carboxylic acids is 1. The fraction of sp³-hybridized carbons (Fsp3) is 0.421. The van der Waals surface area contributed by atoms with Crippen LogP contribution in [0, 0.1) is 5.41 Å². The summed E-state index contributed by atoms with van der Waals surface area (Å²) in [5.41, 5.74) is -1.71. The number of carbonyl (C=O) groups is 2. The Balaban J connectivity index is 1.43. The van der Waals surface area contributed by atoms with E-state index in [0.717, 1.165) is 23.5 Å². The van der Waals surface area contributed by atoms with Gasteiger partial charge in [-0.2, -0.15) is 13.2 Å². The quantitative estimate of drug-likeness (QED) is 0.684. The van der Waals surface area contributed by atoms with Crippen LogP contribution in [0.2, 0.25) is 0 Å². The molecule has 2 fully saturated rings. The lowest BCUT2D eigenvalue weighted by Gasteiger charge is -2.20. The van der Waals surface area contributed by atoms with Crippen molar-refractivity contribution in [2.24, 2.45) is 5.41 Å². The van der Waals surface area contributed by atoms with E-state index in [1.807, 2.05) is 0 Å². The van der Waals surface area contributed by atoms with Gasteiger partial charge in [-0.15, -0.1) is 0 Å². The molecule has 2 unspecified atom stereocenters. The van der Waals surface area contributed by atoms with Crippen LogP contribution in [0.4, 0.5) is 26.7 Å². The molecule has 13 heteroatoms. The maximum Gasteiger partial charge on any atom is 0.433 e. The van der Waals surface area contributed by atoms with Crippen LogP contribution in [-0.2, 0) is 17.5 Å². The summed E-state index contributed by atoms with van der Waals surface area (Å²) < 4.78 is 65.3. The Morgan fingerprint density at radius 3 is 2.50 bits per heavy atom. The van der Waals surface area contributed by atoms with E-state index in [2.05, 4.69) is 20.3 Å². The Bertz CT molecular complexity index is 1060. The summed E-state index contributed by atoms with van der Waals surface area (Å²) >= 11 is 0. The lowest BCUT2D eigenvalue weighted by atomic mass is 10.0. The summed E-state index contributed by atoms with van der Waals surface area (Å²) in [6.45, 7) is -0.568. The summed E-state index contributed by atoms with van der Waals surface area (Å²) in [5, 5.41) is 11.8. The molecule has 8 nitrogen and oxygen atoms in total. The van der Waals surface area contributed by atoms with Gasteiger partial charge in [0.15, 0.2) is 0 Å². The molecule has 1 spiro atoms. The molecule has 2 atom stereocenters. The molecule has 0 bridgehead atoms. The highest BCUT2D eigenvalue weighted by Crippen LogP contribution is 2.66. The number of halogens is 5. The Kier molecular flexibility index (Phi) is 5.01. The van der Waals surface area contributed by atoms with Crippen LogP contribution in [-0.4, -0.2) is 55.5 Å². The maximum atomic E-state index is 13.7. The molecule has 1 saturated carbocycles. The number of amides is 2. The first kappa shape index (κ1) is 21.8. The molecular weight excluding hydrogens is 441 g/mol. The van der Waals surface area contributed by atoms with Gasteiger partial charge in [0.05, 0.1) is 23.3 Å². The fourth-order valence-electron chi connectivity index (χ4n) is 3.85. The predicted molar refractivity (Wildman–Crippen MR) is 97.2 cm³/mol. The van der Waals surface area contributed by atoms with Gasteiger partial charge in [-0.25, -0.2) is 23.5 Å². The lowest BCUT2D eigenvalue weighted by molar-refractivity contribution is -0.141. The number of rotatable bonds is 4. The van der Waals surface area contributed by atoms with E-state index in [9.17, 15) is 36.6 Å². The fourth-order valence-corrected chi connectivity index (χ4v) is 3.85. The number of nitrogens with zero attached hydrogens (tertiary/aromatic N) is 4. The van der Waals surface area contributed by atoms with Crippen LogP contribution in [0.1, 0.15) is 24.2 Å². The second-order valence-electron chi connectivity index (χ2n) is 7.83. The number of carboxylic acid groups (broad SMARTS) is 1. The third kappa shape index (κ3) is 3.94. The van der Waals surface area contributed by atoms with Gasteiger partial charge in [0.25, 0.3) is 5.92 Å². The monoisotopic (exact) mass is 457 g/mol. The van der Waals surface area contributed by atoms with Gasteiger partial charge in [-0.1, -0.05) is 0 Å². The van der Waals surface area contributed by atoms with Gasteiger partial charge in [0.1, 0.15) is 18.1 Å². The van der Waals surface area contributed by atoms with Crippen LogP contribution in [0.5, 0.6) is 0 Å². The van der Waals surface area contributed by atoms with E-state index in [0.29, 0.717) is 5.56 Å². The average molecular weight is 457 g/mol. The molecule has 4 rings (SSSR count). The molecule has 2 aromatic heterocycles. The highest BCUT2D eigenvalue weighted by Gasteiger charge is 2.75. The van der Waals surface area contributed by atoms with Crippen LogP contribution < -0.4 is 5.32 Å². The number of nitrogens with one attached hydrogen (secondary N) is 1. The lowest BCUT2D eigenvalue weighted by Crippen LogP contribution is -2.45. The van der Waals surface area contributed by atoms with Crippen LogP contribution in [0.15, 0.2) is 30.7 Å². The number of pyridine rings is 1. The number of hydrogen-bond donors (Lipinski definition) is 2. The van der Waals surface area contributed by atoms with E-state index in [4.69, 9.17) is 0 Å². The van der Waals surface area contributed by atoms with Crippen molar-refractivity contribution in [2.45, 2.75) is 37.5 Å². The zero-order chi connectivity index (χ0) is 23.3. The predicted octanol–water partition coefficient (Wildman–Crippen LogP) is 2.95. The number of hydrogen-bond acceptors (Lipinski definition) is 5. The molecule has 1 saturated heterocycles. The minimum atomic E-state index is -4.58. The number of likely N-dealkylation sites (tertiary alicyclic amines) is 1. The van der Waals surface area contributed by atoms with Crippen molar-refractivity contribution in [3.63, 3.8) is 0 Å². The van der Waals surface area contributed by atoms with Crippen molar-refractivity contribution in [1.82, 2.24) is 25.2 Å². The largest absolute Gasteiger partial charge is 0.465 e. The van der Waals surface area contributed by atoms with Crippen LogP contribution in [0.3, 0.4) is 0 Å². The third-order valence-corrected chi connectivity index (χ3v) is 5.71. The molecule has 3 heterocycles. The van der Waals surface area contributed by atoms with E-state index in [1.165, 1.54) is 12.1 Å². The summed E-state index contributed by atoms with van der Waals surface area (Å²) in [4.78, 5) is 35.9. The normalized spacial score (nSPS) is 23.9. The SMILES string of the molecule is O=C(NCc1cc(-c2ccc(C(F)(F)F)nc2)ncn1)C1CC2(CN1C(=O)O)CC2(F)F. The summed E-state index contributed by atoms with van der Waals surface area (Å²) in [7, 11) is 0. The summed E-state index contributed by atoms with van der Waals surface area (Å²) in [6.07, 6.45) is -4.61. The molecule has 1 aliphatic heterocycles. The smallest absolute Gasteiger partial charge is 0.433 e. The average Bonchev–Trinajstić information content (AvgIpc) is 3.06. The van der Waals surface area contributed by atoms with Crippen LogP contribution >= 0.6 is 0 Å². The van der Waals surface area contributed by atoms with E-state index in [-0.39, 0.29) is 24.4 Å². The van der Waals surface area contributed by atoms with Crippen molar-refractivity contribution in [3.8, 4) is 11.3 Å². The zero-order valence-corrected chi connectivity index (χ0v) is 16.2. The molecule has 2 aromatic rings. The van der Waals surface area contributed by atoms with Crippen molar-refractivity contribution in [3.05, 3.63) is 42.1 Å². The molecule has 32 heavy (non-hydrogen) atoms. The Labute approximate surface area is 177 Å². The van der Waals surface area contributed by atoms with Crippen molar-refractivity contribution in [2.75, 3.05) is 6.54 Å². The van der Waals surface area contributed by atoms with Crippen molar-refractivity contribution >= 4 is 12.0 Å².